The third kappa shape index (κ3) is 4.17. The highest BCUT2D eigenvalue weighted by molar-refractivity contribution is 9.10. The largest absolute Gasteiger partial charge is 0.443 e. The Morgan fingerprint density at radius 3 is 2.63 bits per heavy atom. The van der Waals surface area contributed by atoms with Gasteiger partial charge in [-0.05, 0) is 32.9 Å². The van der Waals surface area contributed by atoms with E-state index in [1.165, 1.54) is 33.0 Å². The lowest BCUT2D eigenvalue weighted by atomic mass is 10.2. The second kappa shape index (κ2) is 5.46. The second-order valence-electron chi connectivity index (χ2n) is 4.56. The molecule has 1 amide bonds. The lowest BCUT2D eigenvalue weighted by Crippen LogP contribution is -2.38. The smallest absolute Gasteiger partial charge is 0.424 e. The first-order valence-electron chi connectivity index (χ1n) is 6.65. The molecule has 0 saturated carbocycles. The summed E-state index contributed by atoms with van der Waals surface area (Å²) in [6, 6.07) is 2.56. The lowest BCUT2D eigenvalue weighted by molar-refractivity contribution is 0.0420. The molecule has 0 aromatic carbocycles. The summed E-state index contributed by atoms with van der Waals surface area (Å²) < 4.78 is 51.8. The average molecular weight is 354 g/mol. The highest BCUT2D eigenvalue weighted by Gasteiger charge is 2.30. The topological polar surface area (TPSA) is 76.6 Å². The van der Waals surface area contributed by atoms with E-state index in [-0.39, 0.29) is 4.31 Å². The van der Waals surface area contributed by atoms with Crippen LogP contribution in [0.25, 0.3) is 0 Å². The molecule has 8 heteroatoms. The summed E-state index contributed by atoms with van der Waals surface area (Å²) in [6.07, 6.45) is -0.321. The fourth-order valence-corrected chi connectivity index (χ4v) is 2.40. The minimum absolute atomic E-state index is 0.278. The molecule has 0 bridgehead atoms. The van der Waals surface area contributed by atoms with Crippen LogP contribution >= 0.6 is 15.9 Å². The maximum Gasteiger partial charge on any atom is 0.424 e. The van der Waals surface area contributed by atoms with Crippen molar-refractivity contribution in [1.29, 1.82) is 0 Å². The molecule has 1 heterocycles. The number of aromatic nitrogens is 1. The zero-order valence-electron chi connectivity index (χ0n) is 13.5. The fraction of sp³-hybridized carbons (Fsp3) is 0.455. The summed E-state index contributed by atoms with van der Waals surface area (Å²) in [5, 5.41) is -0.580. The maximum atomic E-state index is 12.4. The number of carbonyl (C=O) groups excluding carboxylic acids is 1. The number of amides is 1. The molecular weight excluding hydrogens is 336 g/mol. The predicted octanol–water partition coefficient (Wildman–Crippen LogP) is 2.40. The Hall–Kier alpha value is -1.15. The zero-order valence-corrected chi connectivity index (χ0v) is 12.9. The molecule has 6 nitrogen and oxygen atoms in total. The number of nitrogens with zero attached hydrogens (tertiary/aromatic N) is 2. The van der Waals surface area contributed by atoms with Crippen LogP contribution in [-0.2, 0) is 14.8 Å². The summed E-state index contributed by atoms with van der Waals surface area (Å²) in [5.74, 6) is 0. The summed E-state index contributed by atoms with van der Waals surface area (Å²) >= 11 is 3.06. The Morgan fingerprint density at radius 1 is 1.53 bits per heavy atom. The van der Waals surface area contributed by atoms with Crippen LogP contribution in [0.5, 0.6) is 0 Å². The van der Waals surface area contributed by atoms with Gasteiger partial charge in [-0.1, -0.05) is 15.9 Å². The van der Waals surface area contributed by atoms with Gasteiger partial charge in [-0.2, -0.15) is 8.42 Å². The molecule has 1 aromatic heterocycles. The van der Waals surface area contributed by atoms with Crippen LogP contribution in [0.3, 0.4) is 0 Å². The lowest BCUT2D eigenvalue weighted by Gasteiger charge is -2.24. The summed E-state index contributed by atoms with van der Waals surface area (Å²) in [6.45, 7) is 1.23. The van der Waals surface area contributed by atoms with E-state index < -0.39 is 33.7 Å². The molecular formula is C11H15BrN2O4S. The Bertz CT molecular complexity index is 671. The molecule has 0 saturated heterocycles. The molecule has 106 valence electrons. The van der Waals surface area contributed by atoms with Crippen molar-refractivity contribution in [3.05, 3.63) is 22.8 Å². The molecule has 0 spiro atoms. The third-order valence-corrected chi connectivity index (χ3v) is 3.64. The minimum atomic E-state index is -4.70. The highest BCUT2D eigenvalue weighted by atomic mass is 79.9. The Labute approximate surface area is 125 Å². The number of sulfonamides is 1. The summed E-state index contributed by atoms with van der Waals surface area (Å²) in [7, 11) is -4.70. The van der Waals surface area contributed by atoms with E-state index in [9.17, 15) is 13.2 Å². The number of rotatable bonds is 2. The molecule has 0 aliphatic carbocycles. The number of ether oxygens (including phenoxy) is 1. The minimum Gasteiger partial charge on any atom is -0.443 e. The molecule has 0 unspecified atom stereocenters. The van der Waals surface area contributed by atoms with E-state index in [4.69, 9.17) is 8.85 Å². The molecule has 0 fully saturated rings. The summed E-state index contributed by atoms with van der Waals surface area (Å²) in [4.78, 5) is 15.6. The summed E-state index contributed by atoms with van der Waals surface area (Å²) in [5.41, 5.74) is -1.05. The van der Waals surface area contributed by atoms with Crippen molar-refractivity contribution >= 4 is 32.0 Å². The van der Waals surface area contributed by atoms with Gasteiger partial charge in [0.15, 0.2) is 5.03 Å². The first kappa shape index (κ1) is 11.7. The van der Waals surface area contributed by atoms with Crippen LogP contribution in [0.1, 0.15) is 24.9 Å². The van der Waals surface area contributed by atoms with Gasteiger partial charge in [0.25, 0.3) is 10.0 Å². The van der Waals surface area contributed by atoms with E-state index in [1.807, 2.05) is 0 Å². The molecule has 1 aromatic rings. The average Bonchev–Trinajstić information content (AvgIpc) is 2.23. The third-order valence-electron chi connectivity index (χ3n) is 1.76. The Kier molecular flexibility index (Phi) is 3.35. The quantitative estimate of drug-likeness (QED) is 0.815. The van der Waals surface area contributed by atoms with Gasteiger partial charge in [0.2, 0.25) is 0 Å². The molecule has 0 aliphatic heterocycles. The van der Waals surface area contributed by atoms with E-state index in [2.05, 4.69) is 20.9 Å². The second-order valence-corrected chi connectivity index (χ2v) is 7.21. The van der Waals surface area contributed by atoms with Gasteiger partial charge in [0.05, 0.1) is 0 Å². The first-order chi connectivity index (χ1) is 9.75. The number of hydrogen-bond acceptors (Lipinski definition) is 5. The van der Waals surface area contributed by atoms with E-state index in [0.29, 0.717) is 4.47 Å². The standard InChI is InChI=1S/C11H15BrN2O4S/c1-11(2,3)18-10(15)14(4)19(16,17)9-7-8(12)5-6-13-9/h5-7H,1-4H3/i4D3. The van der Waals surface area contributed by atoms with Gasteiger partial charge in [0, 0.05) is 21.8 Å². The van der Waals surface area contributed by atoms with Crippen molar-refractivity contribution in [3.63, 3.8) is 0 Å². The Balaban J connectivity index is 3.37. The molecule has 1 rings (SSSR count). The molecule has 0 aliphatic rings. The normalized spacial score (nSPS) is 15.1. The maximum absolute atomic E-state index is 12.4. The molecule has 0 N–H and O–H groups in total. The van der Waals surface area contributed by atoms with Gasteiger partial charge in [-0.25, -0.2) is 14.1 Å². The van der Waals surface area contributed by atoms with Gasteiger partial charge < -0.3 is 4.74 Å². The van der Waals surface area contributed by atoms with Crippen LogP contribution in [0.2, 0.25) is 0 Å². The monoisotopic (exact) mass is 353 g/mol. The van der Waals surface area contributed by atoms with Gasteiger partial charge in [-0.15, -0.1) is 0 Å². The Morgan fingerprint density at radius 2 is 2.16 bits per heavy atom. The van der Waals surface area contributed by atoms with Crippen molar-refractivity contribution < 1.29 is 22.1 Å². The van der Waals surface area contributed by atoms with Crippen molar-refractivity contribution in [2.75, 3.05) is 6.98 Å². The predicted molar refractivity (Wildman–Crippen MR) is 73.1 cm³/mol. The van der Waals surface area contributed by atoms with Crippen LogP contribution < -0.4 is 0 Å². The molecule has 19 heavy (non-hydrogen) atoms. The van der Waals surface area contributed by atoms with E-state index >= 15 is 0 Å². The van der Waals surface area contributed by atoms with E-state index in [1.54, 1.807) is 0 Å². The number of pyridine rings is 1. The number of hydrogen-bond donors (Lipinski definition) is 0. The SMILES string of the molecule is [2H]C([2H])([2H])N(C(=O)OC(C)(C)C)S(=O)(=O)c1cc(Br)ccn1. The first-order valence-corrected chi connectivity index (χ1v) is 7.38. The molecule has 0 atom stereocenters. The highest BCUT2D eigenvalue weighted by Crippen LogP contribution is 2.18. The van der Waals surface area contributed by atoms with Gasteiger partial charge in [0.1, 0.15) is 5.60 Å². The number of halogens is 1. The molecule has 0 radical (unpaired) electrons. The van der Waals surface area contributed by atoms with Crippen molar-refractivity contribution in [1.82, 2.24) is 9.29 Å². The fourth-order valence-electron chi connectivity index (χ4n) is 1.02. The van der Waals surface area contributed by atoms with E-state index in [0.717, 1.165) is 6.07 Å². The van der Waals surface area contributed by atoms with Crippen molar-refractivity contribution in [2.45, 2.75) is 31.4 Å². The van der Waals surface area contributed by atoms with Gasteiger partial charge in [-0.3, -0.25) is 0 Å². The van der Waals surface area contributed by atoms with Crippen LogP contribution in [0.4, 0.5) is 4.79 Å². The zero-order chi connectivity index (χ0) is 17.3. The number of carbonyl (C=O) groups is 1. The van der Waals surface area contributed by atoms with Crippen LogP contribution in [0.15, 0.2) is 27.8 Å². The van der Waals surface area contributed by atoms with Crippen molar-refractivity contribution in [2.24, 2.45) is 0 Å². The van der Waals surface area contributed by atoms with Crippen molar-refractivity contribution in [3.8, 4) is 0 Å². The van der Waals surface area contributed by atoms with Crippen LogP contribution in [-0.4, -0.2) is 36.4 Å². The van der Waals surface area contributed by atoms with Crippen LogP contribution in [0, 0.1) is 0 Å². The van der Waals surface area contributed by atoms with Gasteiger partial charge >= 0.3 is 6.09 Å².